The summed E-state index contributed by atoms with van der Waals surface area (Å²) >= 11 is 6.87. The van der Waals surface area contributed by atoms with Crippen molar-refractivity contribution in [3.05, 3.63) is 108 Å². The van der Waals surface area contributed by atoms with Gasteiger partial charge in [0.2, 0.25) is 20.0 Å². The fraction of sp³-hybridized carbons (Fsp3) is 0.167. The van der Waals surface area contributed by atoms with E-state index in [1.54, 1.807) is 62.4 Å². The molecule has 5 N–H and O–H groups in total. The van der Waals surface area contributed by atoms with Crippen molar-refractivity contribution >= 4 is 57.5 Å². The van der Waals surface area contributed by atoms with Gasteiger partial charge in [-0.25, -0.2) is 27.1 Å². The first-order valence-corrected chi connectivity index (χ1v) is 15.1. The Bertz CT molecular complexity index is 1620. The Morgan fingerprint density at radius 1 is 0.800 bits per heavy atom. The summed E-state index contributed by atoms with van der Waals surface area (Å²) < 4.78 is 54.1. The number of rotatable bonds is 4. The smallest absolute Gasteiger partial charge is 0.238 e. The first-order chi connectivity index (χ1) is 16.2. The number of aliphatic hydroxyl groups is 1. The van der Waals surface area contributed by atoms with E-state index < -0.39 is 35.8 Å². The number of fused-ring (bicyclic) bond motifs is 1. The molecule has 2 unspecified atom stereocenters. The minimum absolute atomic E-state index is 0.0700. The van der Waals surface area contributed by atoms with E-state index in [1.165, 1.54) is 12.1 Å². The first-order valence-electron chi connectivity index (χ1n) is 10.3. The number of hydrogen-bond acceptors (Lipinski definition) is 5. The lowest BCUT2D eigenvalue weighted by Crippen LogP contribution is -2.44. The van der Waals surface area contributed by atoms with Gasteiger partial charge in [-0.3, -0.25) is 0 Å². The van der Waals surface area contributed by atoms with E-state index in [4.69, 9.17) is 10.3 Å². The molecule has 0 aliphatic heterocycles. The second-order valence-corrected chi connectivity index (χ2v) is 13.2. The molecule has 0 saturated heterocycles. The molecule has 3 aromatic carbocycles. The van der Waals surface area contributed by atoms with Gasteiger partial charge in [-0.05, 0) is 59.4 Å². The van der Waals surface area contributed by atoms with E-state index in [2.05, 4.69) is 31.9 Å². The van der Waals surface area contributed by atoms with Gasteiger partial charge in [-0.1, -0.05) is 80.4 Å². The molecule has 0 heterocycles. The molecule has 0 amide bonds. The van der Waals surface area contributed by atoms with Crippen molar-refractivity contribution < 1.29 is 21.9 Å². The molecule has 7 nitrogen and oxygen atoms in total. The molecule has 3 aromatic rings. The molecular formula is C24H22Br2N2O5S2. The van der Waals surface area contributed by atoms with Gasteiger partial charge < -0.3 is 5.11 Å². The van der Waals surface area contributed by atoms with Gasteiger partial charge in [0.15, 0.2) is 5.60 Å². The van der Waals surface area contributed by atoms with Gasteiger partial charge in [0, 0.05) is 14.5 Å². The fourth-order valence-corrected chi connectivity index (χ4v) is 7.88. The van der Waals surface area contributed by atoms with Crippen molar-refractivity contribution in [2.75, 3.05) is 0 Å². The molecule has 2 atom stereocenters. The Kier molecular flexibility index (Phi) is 6.67. The highest BCUT2D eigenvalue weighted by Crippen LogP contribution is 2.55. The van der Waals surface area contributed by atoms with Crippen molar-refractivity contribution in [1.29, 1.82) is 0 Å². The van der Waals surface area contributed by atoms with Crippen LogP contribution in [-0.2, 0) is 25.6 Å². The quantitative estimate of drug-likeness (QED) is 0.393. The number of nitrogens with two attached hydrogens (primary N) is 2. The molecule has 184 valence electrons. The van der Waals surface area contributed by atoms with Crippen LogP contribution in [-0.4, -0.2) is 21.9 Å². The zero-order chi connectivity index (χ0) is 25.9. The number of halogens is 2. The van der Waals surface area contributed by atoms with E-state index >= 15 is 0 Å². The minimum Gasteiger partial charge on any atom is -0.375 e. The third kappa shape index (κ3) is 4.22. The summed E-state index contributed by atoms with van der Waals surface area (Å²) in [5.41, 5.74) is -0.614. The van der Waals surface area contributed by atoms with E-state index in [1.807, 2.05) is 0 Å². The maximum atomic E-state index is 13.3. The Morgan fingerprint density at radius 2 is 1.34 bits per heavy atom. The Balaban J connectivity index is 2.36. The van der Waals surface area contributed by atoms with E-state index in [-0.39, 0.29) is 27.8 Å². The molecule has 1 aliphatic rings. The monoisotopic (exact) mass is 640 g/mol. The summed E-state index contributed by atoms with van der Waals surface area (Å²) in [6.07, 6.45) is 0. The van der Waals surface area contributed by atoms with Crippen molar-refractivity contribution in [3.8, 4) is 0 Å². The number of sulfonamides is 2. The van der Waals surface area contributed by atoms with Crippen molar-refractivity contribution in [1.82, 2.24) is 0 Å². The normalized spacial score (nSPS) is 20.6. The zero-order valence-electron chi connectivity index (χ0n) is 18.7. The second-order valence-electron chi connectivity index (χ2n) is 8.38. The topological polar surface area (TPSA) is 141 Å². The highest BCUT2D eigenvalue weighted by molar-refractivity contribution is 9.10. The van der Waals surface area contributed by atoms with Gasteiger partial charge in [0.1, 0.15) is 10.2 Å². The molecule has 0 aromatic heterocycles. The Labute approximate surface area is 221 Å². The lowest BCUT2D eigenvalue weighted by molar-refractivity contribution is 0.126. The molecule has 11 heteroatoms. The first kappa shape index (κ1) is 26.2. The largest absolute Gasteiger partial charge is 0.375 e. The molecule has 0 fully saturated rings. The lowest BCUT2D eigenvalue weighted by atomic mass is 9.73. The summed E-state index contributed by atoms with van der Waals surface area (Å²) in [6, 6.07) is 16.2. The fourth-order valence-electron chi connectivity index (χ4n) is 4.78. The Hall–Kier alpha value is -1.86. The molecule has 0 spiro atoms. The van der Waals surface area contributed by atoms with Gasteiger partial charge in [0.25, 0.3) is 0 Å². The SMILES string of the molecule is Cc1c(Br)cccc1C1=C(S(N)(=O)=O)C(O)(c2cccc(Br)c2C)c2ccccc2C1S(N)(=O)=O. The molecule has 35 heavy (non-hydrogen) atoms. The van der Waals surface area contributed by atoms with Crippen LogP contribution in [0.15, 0.2) is 74.5 Å². The van der Waals surface area contributed by atoms with Crippen LogP contribution in [0.2, 0.25) is 0 Å². The van der Waals surface area contributed by atoms with E-state index in [9.17, 15) is 21.9 Å². The number of benzene rings is 3. The van der Waals surface area contributed by atoms with Crippen molar-refractivity contribution in [3.63, 3.8) is 0 Å². The lowest BCUT2D eigenvalue weighted by Gasteiger charge is -2.41. The molecular weight excluding hydrogens is 620 g/mol. The minimum atomic E-state index is -4.70. The summed E-state index contributed by atoms with van der Waals surface area (Å²) in [7, 11) is -9.12. The van der Waals surface area contributed by atoms with Crippen molar-refractivity contribution in [2.24, 2.45) is 10.3 Å². The molecule has 4 rings (SSSR count). The van der Waals surface area contributed by atoms with Crippen LogP contribution >= 0.6 is 31.9 Å². The highest BCUT2D eigenvalue weighted by Gasteiger charge is 2.53. The van der Waals surface area contributed by atoms with Crippen LogP contribution in [0.4, 0.5) is 0 Å². The van der Waals surface area contributed by atoms with Crippen LogP contribution in [0.3, 0.4) is 0 Å². The maximum absolute atomic E-state index is 13.3. The number of hydrogen-bond donors (Lipinski definition) is 3. The van der Waals surface area contributed by atoms with Gasteiger partial charge in [0.05, 0.1) is 0 Å². The summed E-state index contributed by atoms with van der Waals surface area (Å²) in [4.78, 5) is -0.634. The predicted octanol–water partition coefficient (Wildman–Crippen LogP) is 4.11. The molecule has 0 saturated carbocycles. The summed E-state index contributed by atoms with van der Waals surface area (Å²) in [5.74, 6) is 0. The van der Waals surface area contributed by atoms with Crippen LogP contribution in [0.25, 0.3) is 5.57 Å². The molecule has 0 bridgehead atoms. The maximum Gasteiger partial charge on any atom is 0.238 e. The average Bonchev–Trinajstić information content (AvgIpc) is 2.75. The zero-order valence-corrected chi connectivity index (χ0v) is 23.5. The predicted molar refractivity (Wildman–Crippen MR) is 143 cm³/mol. The summed E-state index contributed by atoms with van der Waals surface area (Å²) in [5, 5.41) is 22.4. The van der Waals surface area contributed by atoms with Crippen LogP contribution in [0.5, 0.6) is 0 Å². The van der Waals surface area contributed by atoms with E-state index in [0.717, 1.165) is 0 Å². The third-order valence-electron chi connectivity index (χ3n) is 6.30. The standard InChI is InChI=1S/C24H22Br2N2O5S2/c1-13-15(8-5-11-19(13)25)21-22(34(27,30)31)16-7-3-4-9-18(16)24(29,23(21)35(28,32)33)17-10-6-12-20(26)14(17)2/h3-12,22,29H,1-2H3,(H2,27,30,31)(H2,28,32,33). The van der Waals surface area contributed by atoms with Crippen LogP contribution < -0.4 is 10.3 Å². The number of primary sulfonamides is 2. The highest BCUT2D eigenvalue weighted by atomic mass is 79.9. The van der Waals surface area contributed by atoms with E-state index in [0.29, 0.717) is 20.1 Å². The van der Waals surface area contributed by atoms with Crippen LogP contribution in [0.1, 0.15) is 38.6 Å². The van der Waals surface area contributed by atoms with Gasteiger partial charge in [-0.15, -0.1) is 0 Å². The average molecular weight is 642 g/mol. The van der Waals surface area contributed by atoms with Crippen LogP contribution in [0, 0.1) is 13.8 Å². The molecule has 1 aliphatic carbocycles. The molecule has 0 radical (unpaired) electrons. The third-order valence-corrected chi connectivity index (χ3v) is 10.2. The summed E-state index contributed by atoms with van der Waals surface area (Å²) in [6.45, 7) is 3.42. The van der Waals surface area contributed by atoms with Gasteiger partial charge >= 0.3 is 0 Å². The second kappa shape index (κ2) is 8.91. The van der Waals surface area contributed by atoms with Crippen molar-refractivity contribution in [2.45, 2.75) is 24.7 Å². The van der Waals surface area contributed by atoms with Gasteiger partial charge in [-0.2, -0.15) is 0 Å². The Morgan fingerprint density at radius 3 is 1.94 bits per heavy atom.